The predicted molar refractivity (Wildman–Crippen MR) is 77.0 cm³/mol. The minimum atomic E-state index is -0.163. The third-order valence-electron chi connectivity index (χ3n) is 3.42. The Balaban J connectivity index is 2.07. The summed E-state index contributed by atoms with van der Waals surface area (Å²) >= 11 is 1.57. The number of aryl methyl sites for hydroxylation is 2. The summed E-state index contributed by atoms with van der Waals surface area (Å²) in [6, 6.07) is 1.84. The van der Waals surface area contributed by atoms with Gasteiger partial charge in [0.1, 0.15) is 6.54 Å². The Bertz CT molecular complexity index is 565. The fraction of sp³-hybridized carbons (Fsp3) is 0.500. The Hall–Kier alpha value is -1.69. The number of Topliss-reactive ketones (excluding diaryl/α,β-unsaturated/α-hetero) is 1. The van der Waals surface area contributed by atoms with Crippen LogP contribution in [0.4, 0.5) is 0 Å². The summed E-state index contributed by atoms with van der Waals surface area (Å²) in [5.41, 5.74) is 0.658. The Morgan fingerprint density at radius 2 is 1.80 bits per heavy atom. The summed E-state index contributed by atoms with van der Waals surface area (Å²) in [6.07, 6.45) is 0. The van der Waals surface area contributed by atoms with E-state index < -0.39 is 0 Å². The quantitative estimate of drug-likeness (QED) is 0.785. The van der Waals surface area contributed by atoms with E-state index in [1.807, 2.05) is 26.8 Å². The standard InChI is InChI=1S/C14H18N2O3S/c1-4-15-7-14(19)16(8-13(15)18)6-12(17)11-5-9(2)20-10(11)3/h5H,4,6-8H2,1-3H3. The average Bonchev–Trinajstić information content (AvgIpc) is 2.72. The molecule has 6 heteroatoms. The molecule has 1 saturated heterocycles. The van der Waals surface area contributed by atoms with Crippen LogP contribution in [0.1, 0.15) is 27.0 Å². The maximum absolute atomic E-state index is 12.2. The molecule has 0 aliphatic carbocycles. The number of likely N-dealkylation sites (N-methyl/N-ethyl adjacent to an activating group) is 1. The normalized spacial score (nSPS) is 15.9. The number of carbonyl (C=O) groups excluding carboxylic acids is 3. The van der Waals surface area contributed by atoms with Gasteiger partial charge in [-0.1, -0.05) is 0 Å². The molecule has 108 valence electrons. The van der Waals surface area contributed by atoms with Crippen molar-refractivity contribution in [3.8, 4) is 0 Å². The van der Waals surface area contributed by atoms with Crippen LogP contribution in [0.15, 0.2) is 6.07 Å². The van der Waals surface area contributed by atoms with Crippen molar-refractivity contribution in [3.05, 3.63) is 21.4 Å². The van der Waals surface area contributed by atoms with Crippen molar-refractivity contribution in [2.75, 3.05) is 26.2 Å². The third kappa shape index (κ3) is 2.90. The molecule has 0 N–H and O–H groups in total. The molecule has 0 aromatic carbocycles. The molecule has 1 aromatic rings. The molecule has 5 nitrogen and oxygen atoms in total. The van der Waals surface area contributed by atoms with Gasteiger partial charge in [0.2, 0.25) is 11.8 Å². The Kier molecular flexibility index (Phi) is 4.23. The summed E-state index contributed by atoms with van der Waals surface area (Å²) in [6.45, 7) is 6.26. The number of piperazine rings is 1. The summed E-state index contributed by atoms with van der Waals surface area (Å²) in [7, 11) is 0. The summed E-state index contributed by atoms with van der Waals surface area (Å²) < 4.78 is 0. The Morgan fingerprint density at radius 3 is 2.35 bits per heavy atom. The van der Waals surface area contributed by atoms with E-state index in [-0.39, 0.29) is 37.2 Å². The zero-order valence-corrected chi connectivity index (χ0v) is 12.7. The van der Waals surface area contributed by atoms with Gasteiger partial charge in [0.25, 0.3) is 0 Å². The number of carbonyl (C=O) groups is 3. The molecule has 0 radical (unpaired) electrons. The molecule has 2 heterocycles. The molecule has 1 aromatic heterocycles. The molecule has 1 aliphatic rings. The van der Waals surface area contributed by atoms with Crippen LogP contribution in [-0.2, 0) is 9.59 Å². The fourth-order valence-electron chi connectivity index (χ4n) is 2.30. The summed E-state index contributed by atoms with van der Waals surface area (Å²) in [4.78, 5) is 40.9. The number of ketones is 1. The molecule has 0 spiro atoms. The molecular formula is C14H18N2O3S. The first kappa shape index (κ1) is 14.7. The number of rotatable bonds is 4. The van der Waals surface area contributed by atoms with Gasteiger partial charge in [-0.15, -0.1) is 11.3 Å². The van der Waals surface area contributed by atoms with Crippen LogP contribution in [-0.4, -0.2) is 53.6 Å². The van der Waals surface area contributed by atoms with Crippen LogP contribution >= 0.6 is 11.3 Å². The molecule has 0 atom stereocenters. The van der Waals surface area contributed by atoms with Gasteiger partial charge in [0.15, 0.2) is 5.78 Å². The van der Waals surface area contributed by atoms with Crippen LogP contribution in [0.2, 0.25) is 0 Å². The van der Waals surface area contributed by atoms with Gasteiger partial charge in [-0.05, 0) is 26.8 Å². The van der Waals surface area contributed by atoms with E-state index in [1.54, 1.807) is 11.3 Å². The highest BCUT2D eigenvalue weighted by atomic mass is 32.1. The Morgan fingerprint density at radius 1 is 1.20 bits per heavy atom. The van der Waals surface area contributed by atoms with Gasteiger partial charge < -0.3 is 9.80 Å². The minimum Gasteiger partial charge on any atom is -0.332 e. The second-order valence-corrected chi connectivity index (χ2v) is 6.37. The smallest absolute Gasteiger partial charge is 0.243 e. The van der Waals surface area contributed by atoms with Gasteiger partial charge >= 0.3 is 0 Å². The second-order valence-electron chi connectivity index (χ2n) is 4.91. The van der Waals surface area contributed by atoms with Crippen molar-refractivity contribution in [2.45, 2.75) is 20.8 Å². The SMILES string of the molecule is CCN1CC(=O)N(CC(=O)c2cc(C)sc2C)CC1=O. The summed E-state index contributed by atoms with van der Waals surface area (Å²) in [5, 5.41) is 0. The van der Waals surface area contributed by atoms with Crippen LogP contribution in [0.25, 0.3) is 0 Å². The maximum Gasteiger partial charge on any atom is 0.243 e. The van der Waals surface area contributed by atoms with Crippen molar-refractivity contribution in [3.63, 3.8) is 0 Å². The van der Waals surface area contributed by atoms with Crippen LogP contribution < -0.4 is 0 Å². The zero-order chi connectivity index (χ0) is 14.9. The van der Waals surface area contributed by atoms with E-state index in [0.717, 1.165) is 9.75 Å². The molecule has 0 bridgehead atoms. The molecular weight excluding hydrogens is 276 g/mol. The molecule has 0 unspecified atom stereocenters. The highest BCUT2D eigenvalue weighted by molar-refractivity contribution is 7.12. The van der Waals surface area contributed by atoms with Crippen LogP contribution in [0.3, 0.4) is 0 Å². The van der Waals surface area contributed by atoms with Gasteiger partial charge in [0, 0.05) is 21.9 Å². The topological polar surface area (TPSA) is 57.7 Å². The number of hydrogen-bond donors (Lipinski definition) is 0. The zero-order valence-electron chi connectivity index (χ0n) is 11.9. The predicted octanol–water partition coefficient (Wildman–Crippen LogP) is 1.24. The van der Waals surface area contributed by atoms with Gasteiger partial charge in [-0.3, -0.25) is 14.4 Å². The van der Waals surface area contributed by atoms with E-state index in [2.05, 4.69) is 0 Å². The van der Waals surface area contributed by atoms with Crippen molar-refractivity contribution < 1.29 is 14.4 Å². The lowest BCUT2D eigenvalue weighted by Gasteiger charge is -2.32. The van der Waals surface area contributed by atoms with E-state index in [1.165, 1.54) is 9.80 Å². The number of thiophene rings is 1. The lowest BCUT2D eigenvalue weighted by atomic mass is 10.1. The third-order valence-corrected chi connectivity index (χ3v) is 4.38. The van der Waals surface area contributed by atoms with Crippen LogP contribution in [0.5, 0.6) is 0 Å². The largest absolute Gasteiger partial charge is 0.332 e. The van der Waals surface area contributed by atoms with E-state index in [4.69, 9.17) is 0 Å². The van der Waals surface area contributed by atoms with Crippen molar-refractivity contribution in [1.29, 1.82) is 0 Å². The van der Waals surface area contributed by atoms with Crippen LogP contribution in [0, 0.1) is 13.8 Å². The van der Waals surface area contributed by atoms with Crippen molar-refractivity contribution >= 4 is 28.9 Å². The average molecular weight is 294 g/mol. The highest BCUT2D eigenvalue weighted by Gasteiger charge is 2.30. The summed E-state index contributed by atoms with van der Waals surface area (Å²) in [5.74, 6) is -0.361. The Labute approximate surface area is 122 Å². The molecule has 0 saturated carbocycles. The lowest BCUT2D eigenvalue weighted by Crippen LogP contribution is -2.54. The fourth-order valence-corrected chi connectivity index (χ4v) is 3.24. The van der Waals surface area contributed by atoms with E-state index >= 15 is 0 Å². The van der Waals surface area contributed by atoms with Gasteiger partial charge in [-0.2, -0.15) is 0 Å². The number of nitrogens with zero attached hydrogens (tertiary/aromatic N) is 2. The first-order chi connectivity index (χ1) is 9.42. The molecule has 2 amide bonds. The van der Waals surface area contributed by atoms with Crippen molar-refractivity contribution in [2.24, 2.45) is 0 Å². The highest BCUT2D eigenvalue weighted by Crippen LogP contribution is 2.21. The number of amides is 2. The van der Waals surface area contributed by atoms with Gasteiger partial charge in [0.05, 0.1) is 13.1 Å². The van der Waals surface area contributed by atoms with E-state index in [9.17, 15) is 14.4 Å². The van der Waals surface area contributed by atoms with Gasteiger partial charge in [-0.25, -0.2) is 0 Å². The molecule has 2 rings (SSSR count). The van der Waals surface area contributed by atoms with E-state index in [0.29, 0.717) is 12.1 Å². The molecule has 1 fully saturated rings. The van der Waals surface area contributed by atoms with Crippen molar-refractivity contribution in [1.82, 2.24) is 9.80 Å². The first-order valence-corrected chi connectivity index (χ1v) is 7.39. The minimum absolute atomic E-state index is 0.000576. The molecule has 20 heavy (non-hydrogen) atoms. The second kappa shape index (κ2) is 5.75. The molecule has 1 aliphatic heterocycles. The maximum atomic E-state index is 12.2. The lowest BCUT2D eigenvalue weighted by molar-refractivity contribution is -0.149. The first-order valence-electron chi connectivity index (χ1n) is 6.58. The monoisotopic (exact) mass is 294 g/mol. The number of hydrogen-bond acceptors (Lipinski definition) is 4.